The van der Waals surface area contributed by atoms with Crippen LogP contribution >= 0.6 is 0 Å². The third-order valence-corrected chi connectivity index (χ3v) is 2.33. The minimum absolute atomic E-state index is 0.202. The number of rotatable bonds is 4. The molecule has 0 radical (unpaired) electrons. The molecule has 0 saturated carbocycles. The molecule has 18 heavy (non-hydrogen) atoms. The summed E-state index contributed by atoms with van der Waals surface area (Å²) in [5.41, 5.74) is 2.01. The van der Waals surface area contributed by atoms with Crippen molar-refractivity contribution in [3.05, 3.63) is 35.4 Å². The van der Waals surface area contributed by atoms with Crippen molar-refractivity contribution in [3.63, 3.8) is 0 Å². The summed E-state index contributed by atoms with van der Waals surface area (Å²) in [5, 5.41) is 4.10. The van der Waals surface area contributed by atoms with E-state index in [0.717, 1.165) is 12.0 Å². The molecular weight excluding hydrogens is 245 g/mol. The summed E-state index contributed by atoms with van der Waals surface area (Å²) in [4.78, 5) is 11.1. The predicted molar refractivity (Wildman–Crippen MR) is 62.1 cm³/mol. The molecule has 0 aliphatic rings. The zero-order chi connectivity index (χ0) is 13.6. The van der Waals surface area contributed by atoms with Crippen LogP contribution in [0, 0.1) is 0 Å². The molecule has 2 N–H and O–H groups in total. The maximum atomic E-state index is 11.8. The highest BCUT2D eigenvalue weighted by Crippen LogP contribution is 2.12. The number of carbonyl (C=O) groups excluding carboxylic acids is 1. The van der Waals surface area contributed by atoms with Crippen LogP contribution < -0.4 is 10.6 Å². The van der Waals surface area contributed by atoms with Gasteiger partial charge in [0.1, 0.15) is 6.54 Å². The van der Waals surface area contributed by atoms with Gasteiger partial charge in [0.25, 0.3) is 0 Å². The van der Waals surface area contributed by atoms with E-state index in [0.29, 0.717) is 0 Å². The van der Waals surface area contributed by atoms with Crippen LogP contribution in [-0.4, -0.2) is 18.8 Å². The Morgan fingerprint density at radius 2 is 1.67 bits per heavy atom. The van der Waals surface area contributed by atoms with Gasteiger partial charge in [-0.3, -0.25) is 0 Å². The van der Waals surface area contributed by atoms with E-state index in [4.69, 9.17) is 0 Å². The summed E-state index contributed by atoms with van der Waals surface area (Å²) in [7, 11) is 0. The van der Waals surface area contributed by atoms with Gasteiger partial charge in [-0.1, -0.05) is 31.2 Å². The van der Waals surface area contributed by atoms with E-state index < -0.39 is 18.8 Å². The van der Waals surface area contributed by atoms with Crippen molar-refractivity contribution in [1.82, 2.24) is 10.6 Å². The molecule has 0 heterocycles. The molecule has 0 spiro atoms. The van der Waals surface area contributed by atoms with Gasteiger partial charge in [-0.05, 0) is 17.5 Å². The monoisotopic (exact) mass is 260 g/mol. The molecule has 0 atom stereocenters. The summed E-state index contributed by atoms with van der Waals surface area (Å²) in [6, 6.07) is 6.69. The number of aryl methyl sites for hydroxylation is 1. The number of halogens is 3. The van der Waals surface area contributed by atoms with Crippen LogP contribution in [0.2, 0.25) is 0 Å². The zero-order valence-electron chi connectivity index (χ0n) is 9.97. The fraction of sp³-hybridized carbons (Fsp3) is 0.417. The van der Waals surface area contributed by atoms with Gasteiger partial charge in [0.05, 0.1) is 0 Å². The lowest BCUT2D eigenvalue weighted by Crippen LogP contribution is -2.40. The van der Waals surface area contributed by atoms with Crippen LogP contribution in [0.1, 0.15) is 18.1 Å². The quantitative estimate of drug-likeness (QED) is 0.858. The molecule has 0 aliphatic heterocycles. The van der Waals surface area contributed by atoms with Crippen LogP contribution in [0.25, 0.3) is 0 Å². The summed E-state index contributed by atoms with van der Waals surface area (Å²) >= 11 is 0. The van der Waals surface area contributed by atoms with Crippen molar-refractivity contribution in [2.45, 2.75) is 26.1 Å². The molecule has 1 rings (SSSR count). The molecule has 0 fully saturated rings. The van der Waals surface area contributed by atoms with E-state index >= 15 is 0 Å². The first-order valence-corrected chi connectivity index (χ1v) is 5.57. The van der Waals surface area contributed by atoms with E-state index in [2.05, 4.69) is 5.32 Å². The summed E-state index contributed by atoms with van der Waals surface area (Å²) < 4.78 is 35.5. The second kappa shape index (κ2) is 6.28. The third kappa shape index (κ3) is 5.56. The minimum atomic E-state index is -4.39. The second-order valence-corrected chi connectivity index (χ2v) is 3.82. The Kier molecular flexibility index (Phi) is 5.00. The van der Waals surface area contributed by atoms with Crippen molar-refractivity contribution in [2.24, 2.45) is 0 Å². The van der Waals surface area contributed by atoms with Crippen molar-refractivity contribution >= 4 is 6.03 Å². The van der Waals surface area contributed by atoms with Gasteiger partial charge in [0.2, 0.25) is 0 Å². The highest BCUT2D eigenvalue weighted by atomic mass is 19.4. The molecule has 0 bridgehead atoms. The molecule has 3 nitrogen and oxygen atoms in total. The molecule has 100 valence electrons. The fourth-order valence-corrected chi connectivity index (χ4v) is 1.32. The highest BCUT2D eigenvalue weighted by molar-refractivity contribution is 5.73. The van der Waals surface area contributed by atoms with Crippen molar-refractivity contribution in [2.75, 3.05) is 6.54 Å². The van der Waals surface area contributed by atoms with Gasteiger partial charge >= 0.3 is 12.2 Å². The number of carbonyl (C=O) groups is 1. The smallest absolute Gasteiger partial charge is 0.334 e. The lowest BCUT2D eigenvalue weighted by Gasteiger charge is -2.10. The molecule has 1 aromatic carbocycles. The van der Waals surface area contributed by atoms with Gasteiger partial charge in [-0.25, -0.2) is 4.79 Å². The van der Waals surface area contributed by atoms with Crippen molar-refractivity contribution in [3.8, 4) is 0 Å². The Labute approximate surface area is 103 Å². The molecular formula is C12H15F3N2O. The molecule has 0 saturated heterocycles. The number of hydrogen-bond acceptors (Lipinski definition) is 1. The zero-order valence-corrected chi connectivity index (χ0v) is 9.97. The van der Waals surface area contributed by atoms with Crippen LogP contribution in [0.3, 0.4) is 0 Å². The van der Waals surface area contributed by atoms with E-state index in [-0.39, 0.29) is 6.54 Å². The van der Waals surface area contributed by atoms with Crippen LogP contribution in [0.4, 0.5) is 18.0 Å². The molecule has 0 aliphatic carbocycles. The maximum Gasteiger partial charge on any atom is 0.405 e. The topological polar surface area (TPSA) is 41.1 Å². The Bertz CT molecular complexity index is 387. The van der Waals surface area contributed by atoms with Crippen molar-refractivity contribution in [1.29, 1.82) is 0 Å². The minimum Gasteiger partial charge on any atom is -0.334 e. The number of amides is 2. The SMILES string of the molecule is CCc1ccc(CNC(=O)NCC(F)(F)F)cc1. The predicted octanol–water partition coefficient (Wildman–Crippen LogP) is 2.61. The Morgan fingerprint density at radius 3 is 2.17 bits per heavy atom. The van der Waals surface area contributed by atoms with Crippen LogP contribution in [-0.2, 0) is 13.0 Å². The number of alkyl halides is 3. The van der Waals surface area contributed by atoms with Crippen LogP contribution in [0.15, 0.2) is 24.3 Å². The first kappa shape index (κ1) is 14.3. The summed E-state index contributed by atoms with van der Waals surface area (Å²) in [5.74, 6) is 0. The highest BCUT2D eigenvalue weighted by Gasteiger charge is 2.27. The van der Waals surface area contributed by atoms with Gasteiger partial charge in [0, 0.05) is 6.54 Å². The van der Waals surface area contributed by atoms with Gasteiger partial charge < -0.3 is 10.6 Å². The lowest BCUT2D eigenvalue weighted by molar-refractivity contribution is -0.122. The molecule has 6 heteroatoms. The summed E-state index contributed by atoms with van der Waals surface area (Å²) in [6.45, 7) is 0.902. The van der Waals surface area contributed by atoms with Crippen LogP contribution in [0.5, 0.6) is 0 Å². The largest absolute Gasteiger partial charge is 0.405 e. The van der Waals surface area contributed by atoms with E-state index in [1.165, 1.54) is 5.56 Å². The molecule has 1 aromatic rings. The maximum absolute atomic E-state index is 11.8. The standard InChI is InChI=1S/C12H15F3N2O/c1-2-9-3-5-10(6-4-9)7-16-11(18)17-8-12(13,14)15/h3-6H,2,7-8H2,1H3,(H2,16,17,18). The Hall–Kier alpha value is -1.72. The van der Waals surface area contributed by atoms with E-state index in [9.17, 15) is 18.0 Å². The Balaban J connectivity index is 2.33. The molecule has 0 aromatic heterocycles. The van der Waals surface area contributed by atoms with E-state index in [1.54, 1.807) is 5.32 Å². The first-order valence-electron chi connectivity index (χ1n) is 5.57. The molecule has 2 amide bonds. The van der Waals surface area contributed by atoms with E-state index in [1.807, 2.05) is 31.2 Å². The fourth-order valence-electron chi connectivity index (χ4n) is 1.32. The number of benzene rings is 1. The normalized spacial score (nSPS) is 11.1. The Morgan fingerprint density at radius 1 is 1.11 bits per heavy atom. The summed E-state index contributed by atoms with van der Waals surface area (Å²) in [6.07, 6.45) is -3.47. The third-order valence-electron chi connectivity index (χ3n) is 2.33. The lowest BCUT2D eigenvalue weighted by atomic mass is 10.1. The van der Waals surface area contributed by atoms with Gasteiger partial charge in [0.15, 0.2) is 0 Å². The van der Waals surface area contributed by atoms with Gasteiger partial charge in [-0.2, -0.15) is 13.2 Å². The second-order valence-electron chi connectivity index (χ2n) is 3.82. The number of nitrogens with one attached hydrogen (secondary N) is 2. The number of urea groups is 1. The first-order chi connectivity index (χ1) is 8.40. The average Bonchev–Trinajstić information content (AvgIpc) is 2.33. The molecule has 0 unspecified atom stereocenters. The van der Waals surface area contributed by atoms with Gasteiger partial charge in [-0.15, -0.1) is 0 Å². The van der Waals surface area contributed by atoms with Crippen molar-refractivity contribution < 1.29 is 18.0 Å². The average molecular weight is 260 g/mol. The number of hydrogen-bond donors (Lipinski definition) is 2.